The number of halogens is 1. The molecule has 0 saturated carbocycles. The van der Waals surface area contributed by atoms with Crippen LogP contribution < -0.4 is 9.47 Å². The van der Waals surface area contributed by atoms with Crippen LogP contribution >= 0.6 is 15.9 Å². The molecule has 27 heavy (non-hydrogen) atoms. The van der Waals surface area contributed by atoms with Gasteiger partial charge >= 0.3 is 11.9 Å². The van der Waals surface area contributed by atoms with Crippen LogP contribution in [0.1, 0.15) is 52.6 Å². The van der Waals surface area contributed by atoms with Crippen LogP contribution in [-0.2, 0) is 15.5 Å². The molecule has 0 aliphatic heterocycles. The Morgan fingerprint density at radius 2 is 1.56 bits per heavy atom. The quantitative estimate of drug-likeness (QED) is 0.380. The Balaban J connectivity index is 2.38. The molecule has 5 nitrogen and oxygen atoms in total. The molecule has 144 valence electrons. The molecule has 2 aromatic rings. The second-order valence-electron chi connectivity index (χ2n) is 7.00. The fourth-order valence-corrected chi connectivity index (χ4v) is 3.05. The van der Waals surface area contributed by atoms with Crippen LogP contribution in [-0.4, -0.2) is 26.2 Å². The molecule has 0 aromatic heterocycles. The van der Waals surface area contributed by atoms with E-state index < -0.39 is 11.9 Å². The maximum Gasteiger partial charge on any atom is 0.343 e. The first-order valence-corrected chi connectivity index (χ1v) is 9.51. The van der Waals surface area contributed by atoms with Gasteiger partial charge in [0.25, 0.3) is 0 Å². The lowest BCUT2D eigenvalue weighted by Gasteiger charge is -2.22. The highest BCUT2D eigenvalue weighted by Gasteiger charge is 2.22. The van der Waals surface area contributed by atoms with Crippen LogP contribution in [0, 0.1) is 0 Å². The Morgan fingerprint density at radius 1 is 0.926 bits per heavy atom. The van der Waals surface area contributed by atoms with E-state index in [0.29, 0.717) is 28.0 Å². The normalized spacial score (nSPS) is 11.0. The molecule has 2 aromatic carbocycles. The molecule has 0 spiro atoms. The predicted octanol–water partition coefficient (Wildman–Crippen LogP) is 4.89. The van der Waals surface area contributed by atoms with Gasteiger partial charge in [-0.25, -0.2) is 9.59 Å². The van der Waals surface area contributed by atoms with Crippen molar-refractivity contribution in [3.05, 3.63) is 58.7 Å². The van der Waals surface area contributed by atoms with E-state index in [2.05, 4.69) is 15.9 Å². The van der Waals surface area contributed by atoms with Crippen LogP contribution in [0.25, 0.3) is 0 Å². The summed E-state index contributed by atoms with van der Waals surface area (Å²) in [5.41, 5.74) is 2.18. The Labute approximate surface area is 167 Å². The highest BCUT2D eigenvalue weighted by atomic mass is 79.9. The molecule has 0 atom stereocenters. The van der Waals surface area contributed by atoms with Crippen molar-refractivity contribution in [1.82, 2.24) is 0 Å². The minimum atomic E-state index is -0.507. The van der Waals surface area contributed by atoms with Crippen LogP contribution in [0.2, 0.25) is 0 Å². The van der Waals surface area contributed by atoms with Crippen molar-refractivity contribution in [2.45, 2.75) is 31.5 Å². The number of benzene rings is 2. The van der Waals surface area contributed by atoms with E-state index in [0.717, 1.165) is 11.1 Å². The number of hydrogen-bond donors (Lipinski definition) is 0. The van der Waals surface area contributed by atoms with E-state index in [-0.39, 0.29) is 5.41 Å². The van der Waals surface area contributed by atoms with Crippen LogP contribution in [0.4, 0.5) is 0 Å². The summed E-state index contributed by atoms with van der Waals surface area (Å²) < 4.78 is 15.7. The Hall–Kier alpha value is -2.34. The molecular formula is C21H23BrO5. The first-order chi connectivity index (χ1) is 12.7. The minimum absolute atomic E-state index is 0.201. The summed E-state index contributed by atoms with van der Waals surface area (Å²) in [7, 11) is 2.90. The summed E-state index contributed by atoms with van der Waals surface area (Å²) in [4.78, 5) is 24.5. The average Bonchev–Trinajstić information content (AvgIpc) is 2.65. The minimum Gasteiger partial charge on any atom is -0.496 e. The summed E-state index contributed by atoms with van der Waals surface area (Å²) in [6, 6.07) is 10.1. The third-order valence-electron chi connectivity index (χ3n) is 4.08. The maximum absolute atomic E-state index is 12.7. The highest BCUT2D eigenvalue weighted by Crippen LogP contribution is 2.32. The Morgan fingerprint density at radius 3 is 2.11 bits per heavy atom. The molecule has 0 unspecified atom stereocenters. The van der Waals surface area contributed by atoms with Gasteiger partial charge in [0.05, 0.1) is 25.3 Å². The molecule has 0 saturated heterocycles. The van der Waals surface area contributed by atoms with Crippen molar-refractivity contribution in [3.63, 3.8) is 0 Å². The zero-order valence-corrected chi connectivity index (χ0v) is 17.7. The standard InChI is InChI=1S/C21H23BrO5/c1-21(2,3)16-10-13(8-9-17(16)25-4)20(24)27-18-11-14(19(23)26-5)6-7-15(18)12-22/h6-11H,12H2,1-5H3. The first-order valence-electron chi connectivity index (χ1n) is 8.39. The number of alkyl halides is 1. The first kappa shape index (κ1) is 21.0. The smallest absolute Gasteiger partial charge is 0.343 e. The van der Waals surface area contributed by atoms with Gasteiger partial charge in [-0.15, -0.1) is 0 Å². The second-order valence-corrected chi connectivity index (χ2v) is 7.56. The monoisotopic (exact) mass is 434 g/mol. The largest absolute Gasteiger partial charge is 0.496 e. The summed E-state index contributed by atoms with van der Waals surface area (Å²) in [5.74, 6) is 0.0287. The number of rotatable bonds is 5. The molecule has 0 bridgehead atoms. The topological polar surface area (TPSA) is 61.8 Å². The van der Waals surface area contributed by atoms with Gasteiger partial charge in [0.2, 0.25) is 0 Å². The molecular weight excluding hydrogens is 412 g/mol. The van der Waals surface area contributed by atoms with E-state index >= 15 is 0 Å². The zero-order chi connectivity index (χ0) is 20.2. The van der Waals surface area contributed by atoms with E-state index in [4.69, 9.17) is 14.2 Å². The van der Waals surface area contributed by atoms with Gasteiger partial charge in [-0.05, 0) is 35.7 Å². The molecule has 6 heteroatoms. The number of hydrogen-bond acceptors (Lipinski definition) is 5. The molecule has 0 fully saturated rings. The van der Waals surface area contributed by atoms with Crippen LogP contribution in [0.3, 0.4) is 0 Å². The van der Waals surface area contributed by atoms with Crippen molar-refractivity contribution in [2.24, 2.45) is 0 Å². The van der Waals surface area contributed by atoms with Gasteiger partial charge in [-0.3, -0.25) is 0 Å². The number of carbonyl (C=O) groups excluding carboxylic acids is 2. The summed E-state index contributed by atoms with van der Waals surface area (Å²) in [5, 5.41) is 0.479. The van der Waals surface area contributed by atoms with E-state index in [9.17, 15) is 9.59 Å². The SMILES string of the molecule is COC(=O)c1ccc(CBr)c(OC(=O)c2ccc(OC)c(C(C)(C)C)c2)c1. The summed E-state index contributed by atoms with van der Waals surface area (Å²) >= 11 is 3.37. The van der Waals surface area contributed by atoms with Crippen molar-refractivity contribution in [1.29, 1.82) is 0 Å². The van der Waals surface area contributed by atoms with Gasteiger partial charge in [-0.2, -0.15) is 0 Å². The van der Waals surface area contributed by atoms with Crippen molar-refractivity contribution < 1.29 is 23.8 Å². The molecule has 0 aliphatic rings. The maximum atomic E-state index is 12.7. The van der Waals surface area contributed by atoms with Gasteiger partial charge in [0.1, 0.15) is 11.5 Å². The molecule has 2 rings (SSSR count). The molecule has 0 N–H and O–H groups in total. The molecule has 0 amide bonds. The number of ether oxygens (including phenoxy) is 3. The van der Waals surface area contributed by atoms with Gasteiger partial charge in [0.15, 0.2) is 0 Å². The summed E-state index contributed by atoms with van der Waals surface area (Å²) in [6.07, 6.45) is 0. The lowest BCUT2D eigenvalue weighted by molar-refractivity contribution is 0.0597. The van der Waals surface area contributed by atoms with E-state index in [1.54, 1.807) is 37.4 Å². The number of esters is 2. The van der Waals surface area contributed by atoms with E-state index in [1.165, 1.54) is 13.2 Å². The number of methoxy groups -OCH3 is 2. The Kier molecular flexibility index (Phi) is 6.65. The highest BCUT2D eigenvalue weighted by molar-refractivity contribution is 9.08. The van der Waals surface area contributed by atoms with Crippen LogP contribution in [0.5, 0.6) is 11.5 Å². The average molecular weight is 435 g/mol. The molecule has 0 radical (unpaired) electrons. The molecule has 0 aliphatic carbocycles. The fraction of sp³-hybridized carbons (Fsp3) is 0.333. The zero-order valence-electron chi connectivity index (χ0n) is 16.1. The van der Waals surface area contributed by atoms with Crippen molar-refractivity contribution in [3.8, 4) is 11.5 Å². The van der Waals surface area contributed by atoms with Gasteiger partial charge < -0.3 is 14.2 Å². The fourth-order valence-electron chi connectivity index (χ4n) is 2.58. The van der Waals surface area contributed by atoms with Gasteiger partial charge in [0, 0.05) is 16.5 Å². The van der Waals surface area contributed by atoms with Crippen molar-refractivity contribution >= 4 is 27.9 Å². The van der Waals surface area contributed by atoms with Gasteiger partial charge in [-0.1, -0.05) is 42.8 Å². The van der Waals surface area contributed by atoms with Crippen molar-refractivity contribution in [2.75, 3.05) is 14.2 Å². The third-order valence-corrected chi connectivity index (χ3v) is 4.68. The lowest BCUT2D eigenvalue weighted by Crippen LogP contribution is -2.16. The number of carbonyl (C=O) groups is 2. The Bertz CT molecular complexity index is 852. The lowest BCUT2D eigenvalue weighted by atomic mass is 9.85. The second kappa shape index (κ2) is 8.57. The summed E-state index contributed by atoms with van der Waals surface area (Å²) in [6.45, 7) is 6.13. The van der Waals surface area contributed by atoms with E-state index in [1.807, 2.05) is 20.8 Å². The predicted molar refractivity (Wildman–Crippen MR) is 107 cm³/mol. The third kappa shape index (κ3) is 4.89. The molecule has 0 heterocycles. The van der Waals surface area contributed by atoms with Crippen LogP contribution in [0.15, 0.2) is 36.4 Å².